The van der Waals surface area contributed by atoms with Crippen LogP contribution < -0.4 is 0 Å². The highest BCUT2D eigenvalue weighted by Gasteiger charge is 2.16. The number of aliphatic hydroxyl groups is 1. The van der Waals surface area contributed by atoms with E-state index in [4.69, 9.17) is 0 Å². The molecule has 1 N–H and O–H groups in total. The Hall–Kier alpha value is -2.90. The molecule has 0 unspecified atom stereocenters. The summed E-state index contributed by atoms with van der Waals surface area (Å²) in [6, 6.07) is 19.1. The number of hydrogen-bond acceptors (Lipinski definition) is 3. The van der Waals surface area contributed by atoms with Crippen molar-refractivity contribution in [2.45, 2.75) is 12.6 Å². The molecule has 3 rings (SSSR count). The van der Waals surface area contributed by atoms with Crippen LogP contribution in [0.3, 0.4) is 0 Å². The minimum atomic E-state index is -0.787. The van der Waals surface area contributed by atoms with Gasteiger partial charge in [0.05, 0.1) is 18.2 Å². The van der Waals surface area contributed by atoms with Gasteiger partial charge in [0, 0.05) is 12.4 Å². The monoisotopic (exact) mass is 289 g/mol. The highest BCUT2D eigenvalue weighted by Crippen LogP contribution is 2.21. The van der Waals surface area contributed by atoms with Crippen LogP contribution in [0.5, 0.6) is 0 Å². The fraction of sp³-hybridized carbons (Fsp3) is 0.111. The van der Waals surface area contributed by atoms with Gasteiger partial charge in [-0.05, 0) is 17.2 Å². The van der Waals surface area contributed by atoms with E-state index >= 15 is 0 Å². The van der Waals surface area contributed by atoms with Crippen LogP contribution in [0.15, 0.2) is 67.0 Å². The Labute approximate surface area is 128 Å². The fourth-order valence-corrected chi connectivity index (χ4v) is 2.44. The van der Waals surface area contributed by atoms with Crippen molar-refractivity contribution in [3.63, 3.8) is 0 Å². The summed E-state index contributed by atoms with van der Waals surface area (Å²) in [5.74, 6) is 0.568. The molecule has 0 saturated carbocycles. The van der Waals surface area contributed by atoms with E-state index in [9.17, 15) is 10.4 Å². The lowest BCUT2D eigenvalue weighted by Crippen LogP contribution is -2.11. The van der Waals surface area contributed by atoms with Gasteiger partial charge < -0.3 is 9.67 Å². The van der Waals surface area contributed by atoms with Crippen LogP contribution in [0.1, 0.15) is 28.6 Å². The first kappa shape index (κ1) is 14.1. The lowest BCUT2D eigenvalue weighted by Gasteiger charge is -2.14. The maximum Gasteiger partial charge on any atom is 0.142 e. The number of rotatable bonds is 4. The SMILES string of the molecule is N#Cc1ccccc1Cn1ccnc1[C@@H](O)c1ccccc1. The summed E-state index contributed by atoms with van der Waals surface area (Å²) in [5, 5.41) is 19.7. The van der Waals surface area contributed by atoms with E-state index in [2.05, 4.69) is 11.1 Å². The Morgan fingerprint density at radius 2 is 1.82 bits per heavy atom. The van der Waals surface area contributed by atoms with Gasteiger partial charge >= 0.3 is 0 Å². The molecule has 22 heavy (non-hydrogen) atoms. The normalized spacial score (nSPS) is 11.8. The predicted octanol–water partition coefficient (Wildman–Crippen LogP) is 2.88. The van der Waals surface area contributed by atoms with Gasteiger partial charge in [-0.25, -0.2) is 4.98 Å². The summed E-state index contributed by atoms with van der Waals surface area (Å²) in [7, 11) is 0. The van der Waals surface area contributed by atoms with Crippen molar-refractivity contribution in [1.29, 1.82) is 5.26 Å². The molecular weight excluding hydrogens is 274 g/mol. The number of imidazole rings is 1. The van der Waals surface area contributed by atoms with Crippen LogP contribution in [0.2, 0.25) is 0 Å². The van der Waals surface area contributed by atoms with Crippen LogP contribution >= 0.6 is 0 Å². The second-order valence-corrected chi connectivity index (χ2v) is 5.00. The first-order valence-electron chi connectivity index (χ1n) is 7.01. The quantitative estimate of drug-likeness (QED) is 0.803. The van der Waals surface area contributed by atoms with Crippen molar-refractivity contribution in [2.75, 3.05) is 0 Å². The molecule has 3 aromatic rings. The zero-order chi connectivity index (χ0) is 15.4. The van der Waals surface area contributed by atoms with Crippen molar-refractivity contribution in [2.24, 2.45) is 0 Å². The van der Waals surface area contributed by atoms with E-state index in [-0.39, 0.29) is 0 Å². The van der Waals surface area contributed by atoms with Gasteiger partial charge in [-0.1, -0.05) is 48.5 Å². The summed E-state index contributed by atoms with van der Waals surface area (Å²) in [4.78, 5) is 4.27. The van der Waals surface area contributed by atoms with E-state index < -0.39 is 6.10 Å². The van der Waals surface area contributed by atoms with Crippen LogP contribution in [0.25, 0.3) is 0 Å². The lowest BCUT2D eigenvalue weighted by atomic mass is 10.1. The van der Waals surface area contributed by atoms with Crippen LogP contribution in [-0.4, -0.2) is 14.7 Å². The van der Waals surface area contributed by atoms with E-state index in [1.54, 1.807) is 12.3 Å². The Morgan fingerprint density at radius 3 is 2.59 bits per heavy atom. The molecule has 0 amide bonds. The fourth-order valence-electron chi connectivity index (χ4n) is 2.44. The molecule has 2 aromatic carbocycles. The molecule has 1 heterocycles. The summed E-state index contributed by atoms with van der Waals surface area (Å²) < 4.78 is 1.87. The van der Waals surface area contributed by atoms with E-state index in [1.165, 1.54) is 0 Å². The number of hydrogen-bond donors (Lipinski definition) is 1. The first-order valence-corrected chi connectivity index (χ1v) is 7.01. The van der Waals surface area contributed by atoms with Crippen molar-refractivity contribution in [3.8, 4) is 6.07 Å². The highest BCUT2D eigenvalue weighted by molar-refractivity contribution is 5.37. The third kappa shape index (κ3) is 2.76. The molecule has 0 saturated heterocycles. The number of nitrogens with zero attached hydrogens (tertiary/aromatic N) is 3. The van der Waals surface area contributed by atoms with E-state index in [0.29, 0.717) is 17.9 Å². The summed E-state index contributed by atoms with van der Waals surface area (Å²) >= 11 is 0. The topological polar surface area (TPSA) is 61.8 Å². The highest BCUT2D eigenvalue weighted by atomic mass is 16.3. The third-order valence-electron chi connectivity index (χ3n) is 3.59. The zero-order valence-corrected chi connectivity index (χ0v) is 11.9. The maximum atomic E-state index is 10.5. The van der Waals surface area contributed by atoms with Gasteiger partial charge in [-0.3, -0.25) is 0 Å². The Morgan fingerprint density at radius 1 is 1.09 bits per heavy atom. The van der Waals surface area contributed by atoms with Crippen molar-refractivity contribution in [3.05, 3.63) is 89.5 Å². The van der Waals surface area contributed by atoms with Crippen molar-refractivity contribution in [1.82, 2.24) is 9.55 Å². The molecule has 0 radical (unpaired) electrons. The largest absolute Gasteiger partial charge is 0.380 e. The average Bonchev–Trinajstić information content (AvgIpc) is 3.03. The number of aliphatic hydroxyl groups excluding tert-OH is 1. The molecule has 1 aromatic heterocycles. The maximum absolute atomic E-state index is 10.5. The summed E-state index contributed by atoms with van der Waals surface area (Å²) in [5.41, 5.74) is 2.34. The molecule has 4 nitrogen and oxygen atoms in total. The smallest absolute Gasteiger partial charge is 0.142 e. The van der Waals surface area contributed by atoms with Gasteiger partial charge in [0.25, 0.3) is 0 Å². The van der Waals surface area contributed by atoms with Crippen LogP contribution in [-0.2, 0) is 6.54 Å². The zero-order valence-electron chi connectivity index (χ0n) is 11.9. The summed E-state index contributed by atoms with van der Waals surface area (Å²) in [6.07, 6.45) is 2.69. The Bertz CT molecular complexity index is 802. The van der Waals surface area contributed by atoms with Gasteiger partial charge in [-0.2, -0.15) is 5.26 Å². The minimum Gasteiger partial charge on any atom is -0.380 e. The van der Waals surface area contributed by atoms with Gasteiger partial charge in [0.1, 0.15) is 11.9 Å². The Kier molecular flexibility index (Phi) is 3.99. The standard InChI is InChI=1S/C18H15N3O/c19-12-15-8-4-5-9-16(15)13-21-11-10-20-18(21)17(22)14-6-2-1-3-7-14/h1-11,17,22H,13H2/t17-/m0/s1. The van der Waals surface area contributed by atoms with Crippen molar-refractivity contribution < 1.29 is 5.11 Å². The van der Waals surface area contributed by atoms with Crippen LogP contribution in [0, 0.1) is 11.3 Å². The molecule has 0 aliphatic carbocycles. The molecule has 0 spiro atoms. The molecule has 0 aliphatic heterocycles. The van der Waals surface area contributed by atoms with E-state index in [1.807, 2.05) is 59.3 Å². The van der Waals surface area contributed by atoms with Gasteiger partial charge in [-0.15, -0.1) is 0 Å². The molecule has 0 aliphatic rings. The number of benzene rings is 2. The summed E-state index contributed by atoms with van der Waals surface area (Å²) in [6.45, 7) is 0.503. The van der Waals surface area contributed by atoms with Crippen LogP contribution in [0.4, 0.5) is 0 Å². The minimum absolute atomic E-state index is 0.503. The number of aromatic nitrogens is 2. The third-order valence-corrected chi connectivity index (χ3v) is 3.59. The molecule has 4 heteroatoms. The number of nitriles is 1. The lowest BCUT2D eigenvalue weighted by molar-refractivity contribution is 0.205. The van der Waals surface area contributed by atoms with E-state index in [0.717, 1.165) is 11.1 Å². The first-order chi connectivity index (χ1) is 10.8. The Balaban J connectivity index is 1.91. The molecule has 108 valence electrons. The van der Waals surface area contributed by atoms with Gasteiger partial charge in [0.2, 0.25) is 0 Å². The predicted molar refractivity (Wildman–Crippen MR) is 83.0 cm³/mol. The molecular formula is C18H15N3O. The average molecular weight is 289 g/mol. The molecule has 0 bridgehead atoms. The second-order valence-electron chi connectivity index (χ2n) is 5.00. The van der Waals surface area contributed by atoms with Gasteiger partial charge in [0.15, 0.2) is 0 Å². The molecule has 1 atom stereocenters. The second kappa shape index (κ2) is 6.25. The van der Waals surface area contributed by atoms with Crippen molar-refractivity contribution >= 4 is 0 Å². The molecule has 0 fully saturated rings.